The van der Waals surface area contributed by atoms with E-state index in [1.54, 1.807) is 18.2 Å². The van der Waals surface area contributed by atoms with E-state index in [1.807, 2.05) is 24.4 Å². The summed E-state index contributed by atoms with van der Waals surface area (Å²) in [5, 5.41) is 11.5. The summed E-state index contributed by atoms with van der Waals surface area (Å²) in [7, 11) is 1.41. The second-order valence-corrected chi connectivity index (χ2v) is 9.45. The normalized spacial score (nSPS) is 15.1. The zero-order valence-electron chi connectivity index (χ0n) is 20.0. The number of fused-ring (bicyclic) bond motifs is 2. The minimum atomic E-state index is -0.884. The zero-order chi connectivity index (χ0) is 24.4. The van der Waals surface area contributed by atoms with E-state index in [2.05, 4.69) is 21.1 Å². The Morgan fingerprint density at radius 3 is 2.40 bits per heavy atom. The molecule has 1 aliphatic rings. The Labute approximate surface area is 204 Å². The number of nitrogens with zero attached hydrogens (tertiary/aromatic N) is 1. The minimum Gasteiger partial charge on any atom is -0.478 e. The lowest BCUT2D eigenvalue weighted by Crippen LogP contribution is -2.33. The molecule has 4 aromatic rings. The molecule has 0 unspecified atom stereocenters. The van der Waals surface area contributed by atoms with Crippen molar-refractivity contribution in [1.82, 2.24) is 14.9 Å². The first-order valence-electron chi connectivity index (χ1n) is 12.3. The number of carbonyl (C=O) groups is 2. The molecule has 182 valence electrons. The molecule has 0 radical (unpaired) electrons. The molecule has 1 saturated heterocycles. The molecule has 0 spiro atoms. The van der Waals surface area contributed by atoms with Crippen molar-refractivity contribution in [2.45, 2.75) is 38.0 Å². The fraction of sp³-hybridized carbons (Fsp3) is 0.357. The van der Waals surface area contributed by atoms with E-state index in [0.29, 0.717) is 17.0 Å². The van der Waals surface area contributed by atoms with Crippen molar-refractivity contribution < 1.29 is 19.4 Å². The number of rotatable bonds is 8. The summed E-state index contributed by atoms with van der Waals surface area (Å²) in [5.41, 5.74) is 5.45. The maximum atomic E-state index is 11.9. The summed E-state index contributed by atoms with van der Waals surface area (Å²) in [6, 6.07) is 11.0. The highest BCUT2D eigenvalue weighted by Crippen LogP contribution is 2.34. The SMILES string of the molecule is COC(=O)c1ccc2[nH]cc(CCCCN3CCC(c4c[nH]c5ccc(C(=O)O)cc45)CC3)c2c1. The third-order valence-electron chi connectivity index (χ3n) is 7.35. The second-order valence-electron chi connectivity index (χ2n) is 9.45. The number of carboxylic acids is 1. The van der Waals surface area contributed by atoms with Gasteiger partial charge in [-0.05, 0) is 105 Å². The number of nitrogens with one attached hydrogen (secondary N) is 2. The van der Waals surface area contributed by atoms with E-state index in [-0.39, 0.29) is 5.97 Å². The van der Waals surface area contributed by atoms with Crippen molar-refractivity contribution in [1.29, 1.82) is 0 Å². The molecular formula is C28H31N3O4. The maximum Gasteiger partial charge on any atom is 0.337 e. The zero-order valence-corrected chi connectivity index (χ0v) is 20.0. The number of methoxy groups -OCH3 is 1. The summed E-state index contributed by atoms with van der Waals surface area (Å²) in [4.78, 5) is 32.4. The Hall–Kier alpha value is -3.58. The fourth-order valence-corrected chi connectivity index (χ4v) is 5.36. The summed E-state index contributed by atoms with van der Waals surface area (Å²) < 4.78 is 4.85. The van der Waals surface area contributed by atoms with Crippen LogP contribution in [0.4, 0.5) is 0 Å². The number of piperidine rings is 1. The molecule has 7 heteroatoms. The third kappa shape index (κ3) is 4.82. The number of carbonyl (C=O) groups excluding carboxylic acids is 1. The van der Waals surface area contributed by atoms with E-state index in [9.17, 15) is 14.7 Å². The molecule has 0 aliphatic carbocycles. The van der Waals surface area contributed by atoms with E-state index >= 15 is 0 Å². The lowest BCUT2D eigenvalue weighted by atomic mass is 9.88. The Morgan fingerprint density at radius 2 is 1.66 bits per heavy atom. The molecule has 2 aromatic heterocycles. The highest BCUT2D eigenvalue weighted by atomic mass is 16.5. The van der Waals surface area contributed by atoms with Crippen LogP contribution in [-0.2, 0) is 11.2 Å². The number of hydrogen-bond acceptors (Lipinski definition) is 4. The first-order chi connectivity index (χ1) is 17.0. The van der Waals surface area contributed by atoms with Gasteiger partial charge in [0.1, 0.15) is 0 Å². The predicted molar refractivity (Wildman–Crippen MR) is 136 cm³/mol. The molecule has 3 N–H and O–H groups in total. The first-order valence-corrected chi connectivity index (χ1v) is 12.3. The van der Waals surface area contributed by atoms with E-state index in [0.717, 1.165) is 73.5 Å². The van der Waals surface area contributed by atoms with Crippen LogP contribution in [0.5, 0.6) is 0 Å². The number of aryl methyl sites for hydroxylation is 1. The van der Waals surface area contributed by atoms with Crippen LogP contribution in [0.1, 0.15) is 63.4 Å². The van der Waals surface area contributed by atoms with Crippen molar-refractivity contribution in [3.05, 3.63) is 71.0 Å². The molecule has 1 aliphatic heterocycles. The molecule has 0 saturated carbocycles. The van der Waals surface area contributed by atoms with Gasteiger partial charge in [0.25, 0.3) is 0 Å². The standard InChI is InChI=1S/C28H31N3O4/c1-35-28(34)20-6-8-25-22(15-20)21(16-29-25)4-2-3-11-31-12-9-18(10-13-31)24-17-30-26-7-5-19(27(32)33)14-23(24)26/h5-8,14-18,29-30H,2-4,9-13H2,1H3,(H,32,33). The quantitative estimate of drug-likeness (QED) is 0.237. The van der Waals surface area contributed by atoms with Crippen molar-refractivity contribution >= 4 is 33.7 Å². The van der Waals surface area contributed by atoms with Gasteiger partial charge in [-0.1, -0.05) is 0 Å². The summed E-state index contributed by atoms with van der Waals surface area (Å²) in [6.45, 7) is 3.20. The number of ether oxygens (including phenoxy) is 1. The Kier molecular flexibility index (Phi) is 6.59. The van der Waals surface area contributed by atoms with E-state index in [1.165, 1.54) is 18.2 Å². The number of carboxylic acid groups (broad SMARTS) is 1. The Balaban J connectivity index is 1.13. The highest BCUT2D eigenvalue weighted by molar-refractivity contribution is 5.96. The monoisotopic (exact) mass is 473 g/mol. The van der Waals surface area contributed by atoms with Gasteiger partial charge >= 0.3 is 11.9 Å². The van der Waals surface area contributed by atoms with Crippen molar-refractivity contribution in [2.24, 2.45) is 0 Å². The molecule has 3 heterocycles. The van der Waals surface area contributed by atoms with Crippen LogP contribution in [0.3, 0.4) is 0 Å². The minimum absolute atomic E-state index is 0.308. The van der Waals surface area contributed by atoms with Gasteiger partial charge in [-0.2, -0.15) is 0 Å². The largest absolute Gasteiger partial charge is 0.478 e. The van der Waals surface area contributed by atoms with Gasteiger partial charge in [-0.3, -0.25) is 0 Å². The lowest BCUT2D eigenvalue weighted by Gasteiger charge is -2.32. The molecule has 7 nitrogen and oxygen atoms in total. The highest BCUT2D eigenvalue weighted by Gasteiger charge is 2.23. The van der Waals surface area contributed by atoms with Crippen LogP contribution in [0.2, 0.25) is 0 Å². The van der Waals surface area contributed by atoms with Crippen LogP contribution >= 0.6 is 0 Å². The number of H-pyrrole nitrogens is 2. The van der Waals surface area contributed by atoms with Gasteiger partial charge in [-0.15, -0.1) is 0 Å². The first kappa shape index (κ1) is 23.2. The topological polar surface area (TPSA) is 98.4 Å². The van der Waals surface area contributed by atoms with Crippen molar-refractivity contribution in [3.8, 4) is 0 Å². The van der Waals surface area contributed by atoms with E-state index in [4.69, 9.17) is 4.74 Å². The fourth-order valence-electron chi connectivity index (χ4n) is 5.36. The second kappa shape index (κ2) is 9.96. The van der Waals surface area contributed by atoms with Gasteiger partial charge in [0, 0.05) is 34.2 Å². The van der Waals surface area contributed by atoms with Crippen LogP contribution in [0, 0.1) is 0 Å². The number of aromatic carboxylic acids is 1. The average Bonchev–Trinajstić information content (AvgIpc) is 3.49. The van der Waals surface area contributed by atoms with Gasteiger partial charge in [0.15, 0.2) is 0 Å². The smallest absolute Gasteiger partial charge is 0.337 e. The van der Waals surface area contributed by atoms with Gasteiger partial charge in [0.2, 0.25) is 0 Å². The molecule has 0 atom stereocenters. The number of unbranched alkanes of at least 4 members (excludes halogenated alkanes) is 1. The molecule has 5 rings (SSSR count). The van der Waals surface area contributed by atoms with E-state index < -0.39 is 5.97 Å². The number of benzene rings is 2. The molecule has 35 heavy (non-hydrogen) atoms. The van der Waals surface area contributed by atoms with Gasteiger partial charge in [-0.25, -0.2) is 9.59 Å². The van der Waals surface area contributed by atoms with Crippen LogP contribution in [-0.4, -0.2) is 58.7 Å². The van der Waals surface area contributed by atoms with Crippen LogP contribution < -0.4 is 0 Å². The predicted octanol–water partition coefficient (Wildman–Crippen LogP) is 5.34. The molecule has 2 aromatic carbocycles. The third-order valence-corrected chi connectivity index (χ3v) is 7.35. The maximum absolute atomic E-state index is 11.9. The Morgan fingerprint density at radius 1 is 0.971 bits per heavy atom. The number of aromatic amines is 2. The number of likely N-dealkylation sites (tertiary alicyclic amines) is 1. The number of esters is 1. The lowest BCUT2D eigenvalue weighted by molar-refractivity contribution is 0.0600. The van der Waals surface area contributed by atoms with Crippen molar-refractivity contribution in [2.75, 3.05) is 26.7 Å². The van der Waals surface area contributed by atoms with Gasteiger partial charge in [0.05, 0.1) is 18.2 Å². The summed E-state index contributed by atoms with van der Waals surface area (Å²) in [6.07, 6.45) is 9.48. The molecular weight excluding hydrogens is 442 g/mol. The van der Waals surface area contributed by atoms with Gasteiger partial charge < -0.3 is 24.7 Å². The Bertz CT molecular complexity index is 1360. The number of aromatic nitrogens is 2. The summed E-state index contributed by atoms with van der Waals surface area (Å²) >= 11 is 0. The van der Waals surface area contributed by atoms with Crippen molar-refractivity contribution in [3.63, 3.8) is 0 Å². The summed E-state index contributed by atoms with van der Waals surface area (Å²) in [5.74, 6) is -0.734. The molecule has 0 bridgehead atoms. The molecule has 1 fully saturated rings. The van der Waals surface area contributed by atoms with Crippen LogP contribution in [0.25, 0.3) is 21.8 Å². The van der Waals surface area contributed by atoms with Crippen LogP contribution in [0.15, 0.2) is 48.8 Å². The number of hydrogen-bond donors (Lipinski definition) is 3. The molecule has 0 amide bonds. The average molecular weight is 474 g/mol.